The van der Waals surface area contributed by atoms with Gasteiger partial charge in [-0.1, -0.05) is 97.3 Å². The van der Waals surface area contributed by atoms with Crippen LogP contribution in [0.15, 0.2) is 0 Å². The Kier molecular flexibility index (Phi) is 16.2. The van der Waals surface area contributed by atoms with Gasteiger partial charge in [-0.2, -0.15) is 0 Å². The quantitative estimate of drug-likeness (QED) is 0.368. The van der Waals surface area contributed by atoms with Gasteiger partial charge in [0.25, 0.3) is 0 Å². The zero-order valence-electron chi connectivity index (χ0n) is 14.9. The fourth-order valence-electron chi connectivity index (χ4n) is 2.91. The van der Waals surface area contributed by atoms with Gasteiger partial charge in [0.1, 0.15) is 0 Å². The van der Waals surface area contributed by atoms with Gasteiger partial charge in [-0.05, 0) is 12.8 Å². The molecule has 2 unspecified atom stereocenters. The molecule has 0 aliphatic carbocycles. The predicted octanol–water partition coefficient (Wildman–Crippen LogP) is 5.53. The largest absolute Gasteiger partial charge is 0.326 e. The third-order valence-electron chi connectivity index (χ3n) is 4.66. The van der Waals surface area contributed by atoms with Crippen LogP contribution in [-0.4, -0.2) is 12.1 Å². The molecule has 0 amide bonds. The molecular formula is C19H42N2. The fraction of sp³-hybridized carbons (Fsp3) is 1.00. The minimum Gasteiger partial charge on any atom is -0.326 e. The molecule has 0 bridgehead atoms. The Hall–Kier alpha value is -0.0800. The van der Waals surface area contributed by atoms with Gasteiger partial charge in [0.2, 0.25) is 0 Å². The van der Waals surface area contributed by atoms with Crippen molar-refractivity contribution < 1.29 is 0 Å². The van der Waals surface area contributed by atoms with E-state index in [1.807, 2.05) is 0 Å². The maximum Gasteiger partial charge on any atom is 0.0192 e. The highest BCUT2D eigenvalue weighted by Crippen LogP contribution is 2.13. The highest BCUT2D eigenvalue weighted by atomic mass is 14.8. The molecule has 128 valence electrons. The van der Waals surface area contributed by atoms with Gasteiger partial charge in [-0.15, -0.1) is 0 Å². The lowest BCUT2D eigenvalue weighted by atomic mass is 9.99. The molecule has 0 spiro atoms. The Bertz CT molecular complexity index is 194. The molecule has 0 rings (SSSR count). The van der Waals surface area contributed by atoms with E-state index >= 15 is 0 Å². The van der Waals surface area contributed by atoms with Crippen LogP contribution in [0, 0.1) is 0 Å². The molecule has 0 aromatic rings. The van der Waals surface area contributed by atoms with Gasteiger partial charge in [-0.3, -0.25) is 0 Å². The topological polar surface area (TPSA) is 52.0 Å². The molecule has 0 heterocycles. The van der Waals surface area contributed by atoms with Gasteiger partial charge < -0.3 is 11.5 Å². The summed E-state index contributed by atoms with van der Waals surface area (Å²) >= 11 is 0. The minimum atomic E-state index is 0.197. The summed E-state index contributed by atoms with van der Waals surface area (Å²) in [6.07, 6.45) is 20.4. The minimum absolute atomic E-state index is 0.197. The molecule has 0 saturated heterocycles. The zero-order chi connectivity index (χ0) is 15.8. The van der Waals surface area contributed by atoms with E-state index in [0.717, 1.165) is 12.8 Å². The lowest BCUT2D eigenvalue weighted by Crippen LogP contribution is -2.40. The molecule has 0 fully saturated rings. The first kappa shape index (κ1) is 20.9. The van der Waals surface area contributed by atoms with E-state index in [2.05, 4.69) is 13.8 Å². The number of nitrogens with two attached hydrogens (primary N) is 2. The van der Waals surface area contributed by atoms with Crippen molar-refractivity contribution in [2.24, 2.45) is 11.5 Å². The third kappa shape index (κ3) is 14.6. The van der Waals surface area contributed by atoms with E-state index in [9.17, 15) is 0 Å². The second kappa shape index (κ2) is 16.3. The van der Waals surface area contributed by atoms with Crippen LogP contribution in [-0.2, 0) is 0 Å². The number of hydrogen-bond donors (Lipinski definition) is 2. The van der Waals surface area contributed by atoms with Crippen molar-refractivity contribution in [3.8, 4) is 0 Å². The molecule has 0 saturated carbocycles. The van der Waals surface area contributed by atoms with Crippen LogP contribution in [0.3, 0.4) is 0 Å². The van der Waals surface area contributed by atoms with Gasteiger partial charge in [0.05, 0.1) is 0 Å². The van der Waals surface area contributed by atoms with E-state index in [1.54, 1.807) is 0 Å². The van der Waals surface area contributed by atoms with Crippen LogP contribution >= 0.6 is 0 Å². The van der Waals surface area contributed by atoms with Crippen LogP contribution < -0.4 is 11.5 Å². The molecule has 0 radical (unpaired) electrons. The van der Waals surface area contributed by atoms with Crippen molar-refractivity contribution in [3.63, 3.8) is 0 Å². The van der Waals surface area contributed by atoms with E-state index in [1.165, 1.54) is 83.5 Å². The van der Waals surface area contributed by atoms with Crippen LogP contribution in [0.1, 0.15) is 110 Å². The Morgan fingerprint density at radius 1 is 0.524 bits per heavy atom. The van der Waals surface area contributed by atoms with Crippen molar-refractivity contribution in [3.05, 3.63) is 0 Å². The number of unbranched alkanes of at least 4 members (excludes halogenated alkanes) is 12. The molecule has 0 aliphatic rings. The molecular weight excluding hydrogens is 256 g/mol. The summed E-state index contributed by atoms with van der Waals surface area (Å²) in [6.45, 7) is 4.40. The molecule has 2 nitrogen and oxygen atoms in total. The molecule has 2 atom stereocenters. The molecule has 0 aliphatic heterocycles. The standard InChI is InChI=1S/C19H42N2/c1-3-5-6-7-8-9-10-11-12-13-14-15-16-17-19(21)18(20)4-2/h18-19H,3-17,20-21H2,1-2H3. The third-order valence-corrected chi connectivity index (χ3v) is 4.66. The number of rotatable bonds is 16. The molecule has 0 aromatic heterocycles. The van der Waals surface area contributed by atoms with Crippen molar-refractivity contribution in [1.82, 2.24) is 0 Å². The Balaban J connectivity index is 3.09. The van der Waals surface area contributed by atoms with Crippen LogP contribution in [0.2, 0.25) is 0 Å². The molecule has 2 heteroatoms. The highest BCUT2D eigenvalue weighted by Gasteiger charge is 2.09. The van der Waals surface area contributed by atoms with Crippen LogP contribution in [0.4, 0.5) is 0 Å². The van der Waals surface area contributed by atoms with Crippen molar-refractivity contribution in [2.75, 3.05) is 0 Å². The second-order valence-corrected chi connectivity index (χ2v) is 6.77. The van der Waals surface area contributed by atoms with Crippen molar-refractivity contribution >= 4 is 0 Å². The molecule has 0 aromatic carbocycles. The van der Waals surface area contributed by atoms with Gasteiger partial charge in [0, 0.05) is 12.1 Å². The van der Waals surface area contributed by atoms with Crippen molar-refractivity contribution in [1.29, 1.82) is 0 Å². The summed E-state index contributed by atoms with van der Waals surface area (Å²) in [5.74, 6) is 0. The van der Waals surface area contributed by atoms with E-state index in [4.69, 9.17) is 11.5 Å². The maximum atomic E-state index is 6.04. The smallest absolute Gasteiger partial charge is 0.0192 e. The Morgan fingerprint density at radius 2 is 0.905 bits per heavy atom. The summed E-state index contributed by atoms with van der Waals surface area (Å²) in [7, 11) is 0. The first-order valence-electron chi connectivity index (χ1n) is 9.73. The van der Waals surface area contributed by atoms with Crippen molar-refractivity contribution in [2.45, 2.75) is 122 Å². The lowest BCUT2D eigenvalue weighted by Gasteiger charge is -2.17. The summed E-state index contributed by atoms with van der Waals surface area (Å²) in [4.78, 5) is 0. The SMILES string of the molecule is CCCCCCCCCCCCCCCC(N)C(N)CC. The first-order chi connectivity index (χ1) is 10.2. The van der Waals surface area contributed by atoms with E-state index in [-0.39, 0.29) is 12.1 Å². The van der Waals surface area contributed by atoms with Gasteiger partial charge in [-0.25, -0.2) is 0 Å². The lowest BCUT2D eigenvalue weighted by molar-refractivity contribution is 0.455. The van der Waals surface area contributed by atoms with Crippen LogP contribution in [0.5, 0.6) is 0 Å². The first-order valence-corrected chi connectivity index (χ1v) is 9.73. The zero-order valence-corrected chi connectivity index (χ0v) is 14.9. The summed E-state index contributed by atoms with van der Waals surface area (Å²) in [6, 6.07) is 0.407. The molecule has 21 heavy (non-hydrogen) atoms. The Labute approximate surface area is 134 Å². The summed E-state index contributed by atoms with van der Waals surface area (Å²) < 4.78 is 0. The van der Waals surface area contributed by atoms with Gasteiger partial charge in [0.15, 0.2) is 0 Å². The Morgan fingerprint density at radius 3 is 1.29 bits per heavy atom. The monoisotopic (exact) mass is 298 g/mol. The average Bonchev–Trinajstić information content (AvgIpc) is 2.50. The van der Waals surface area contributed by atoms with Gasteiger partial charge >= 0.3 is 0 Å². The summed E-state index contributed by atoms with van der Waals surface area (Å²) in [5.41, 5.74) is 12.0. The molecule has 4 N–H and O–H groups in total. The average molecular weight is 299 g/mol. The maximum absolute atomic E-state index is 6.04. The predicted molar refractivity (Wildman–Crippen MR) is 96.6 cm³/mol. The van der Waals surface area contributed by atoms with E-state index < -0.39 is 0 Å². The fourth-order valence-corrected chi connectivity index (χ4v) is 2.91. The second-order valence-electron chi connectivity index (χ2n) is 6.77. The summed E-state index contributed by atoms with van der Waals surface area (Å²) in [5, 5.41) is 0. The van der Waals surface area contributed by atoms with E-state index in [0.29, 0.717) is 0 Å². The number of hydrogen-bond acceptors (Lipinski definition) is 2. The highest BCUT2D eigenvalue weighted by molar-refractivity contribution is 4.74. The van der Waals surface area contributed by atoms with Crippen LogP contribution in [0.25, 0.3) is 0 Å². The normalized spacial score (nSPS) is 14.3.